The Morgan fingerprint density at radius 1 is 1.22 bits per heavy atom. The fourth-order valence-electron chi connectivity index (χ4n) is 2.45. The van der Waals surface area contributed by atoms with Gasteiger partial charge >= 0.3 is 0 Å². The Kier molecular flexibility index (Phi) is 5.97. The lowest BCUT2D eigenvalue weighted by atomic mass is 10.2. The van der Waals surface area contributed by atoms with Crippen LogP contribution in [0.2, 0.25) is 0 Å². The van der Waals surface area contributed by atoms with Crippen molar-refractivity contribution in [2.45, 2.75) is 5.16 Å². The van der Waals surface area contributed by atoms with Crippen LogP contribution in [0.5, 0.6) is 11.5 Å². The van der Waals surface area contributed by atoms with Crippen molar-refractivity contribution in [1.29, 1.82) is 0 Å². The van der Waals surface area contributed by atoms with E-state index in [1.54, 1.807) is 54.4 Å². The molecule has 0 unspecified atom stereocenters. The van der Waals surface area contributed by atoms with E-state index in [9.17, 15) is 9.18 Å². The van der Waals surface area contributed by atoms with Crippen LogP contribution in [0, 0.1) is 5.82 Å². The highest BCUT2D eigenvalue weighted by Crippen LogP contribution is 2.29. The maximum Gasteiger partial charge on any atom is 0.234 e. The van der Waals surface area contributed by atoms with Crippen molar-refractivity contribution in [3.8, 4) is 17.2 Å². The number of thioether (sulfide) groups is 1. The summed E-state index contributed by atoms with van der Waals surface area (Å²) in [6, 6.07) is 11.3. The minimum atomic E-state index is -0.333. The number of nitrogens with one attached hydrogen (secondary N) is 1. The van der Waals surface area contributed by atoms with Gasteiger partial charge in [0, 0.05) is 18.5 Å². The van der Waals surface area contributed by atoms with E-state index >= 15 is 0 Å². The second kappa shape index (κ2) is 8.59. The predicted octanol–water partition coefficient (Wildman–Crippen LogP) is 3.76. The molecule has 1 amide bonds. The highest BCUT2D eigenvalue weighted by Gasteiger charge is 2.12. The lowest BCUT2D eigenvalue weighted by Gasteiger charge is -2.12. The van der Waals surface area contributed by atoms with Crippen LogP contribution in [0.3, 0.4) is 0 Å². The van der Waals surface area contributed by atoms with Gasteiger partial charge < -0.3 is 14.8 Å². The summed E-state index contributed by atoms with van der Waals surface area (Å²) >= 11 is 1.25. The number of methoxy groups -OCH3 is 2. The molecule has 140 valence electrons. The lowest BCUT2D eigenvalue weighted by Crippen LogP contribution is -2.15. The number of anilines is 1. The molecule has 0 spiro atoms. The Labute approximate surface area is 160 Å². The Bertz CT molecular complexity index is 945. The Morgan fingerprint density at radius 3 is 2.81 bits per heavy atom. The number of hydrogen-bond acceptors (Lipinski definition) is 5. The maximum absolute atomic E-state index is 13.5. The molecule has 0 saturated heterocycles. The molecule has 0 aliphatic rings. The Morgan fingerprint density at radius 2 is 2.07 bits per heavy atom. The van der Waals surface area contributed by atoms with E-state index in [1.807, 2.05) is 0 Å². The molecule has 0 bridgehead atoms. The van der Waals surface area contributed by atoms with E-state index < -0.39 is 0 Å². The molecular formula is C19H18FN3O3S. The molecule has 0 radical (unpaired) electrons. The van der Waals surface area contributed by atoms with E-state index in [1.165, 1.54) is 31.0 Å². The summed E-state index contributed by atoms with van der Waals surface area (Å²) in [5.41, 5.74) is 1.17. The first kappa shape index (κ1) is 18.8. The zero-order valence-corrected chi connectivity index (χ0v) is 15.6. The number of amides is 1. The van der Waals surface area contributed by atoms with Crippen molar-refractivity contribution in [2.75, 3.05) is 25.3 Å². The van der Waals surface area contributed by atoms with Crippen LogP contribution < -0.4 is 14.8 Å². The van der Waals surface area contributed by atoms with Crippen LogP contribution in [-0.2, 0) is 4.79 Å². The molecule has 1 heterocycles. The molecule has 1 aromatic heterocycles. The summed E-state index contributed by atoms with van der Waals surface area (Å²) in [6.07, 6.45) is 3.33. The first-order valence-corrected chi connectivity index (χ1v) is 9.03. The molecule has 0 saturated carbocycles. The predicted molar refractivity (Wildman–Crippen MR) is 102 cm³/mol. The smallest absolute Gasteiger partial charge is 0.234 e. The number of benzene rings is 2. The van der Waals surface area contributed by atoms with E-state index in [2.05, 4.69) is 10.3 Å². The summed E-state index contributed by atoms with van der Waals surface area (Å²) in [4.78, 5) is 16.6. The van der Waals surface area contributed by atoms with Gasteiger partial charge in [0.05, 0.1) is 31.3 Å². The number of hydrogen-bond donors (Lipinski definition) is 1. The van der Waals surface area contributed by atoms with Crippen molar-refractivity contribution in [1.82, 2.24) is 9.55 Å². The van der Waals surface area contributed by atoms with Crippen LogP contribution in [0.15, 0.2) is 60.0 Å². The van der Waals surface area contributed by atoms with E-state index in [-0.39, 0.29) is 17.5 Å². The van der Waals surface area contributed by atoms with Crippen molar-refractivity contribution in [3.05, 3.63) is 60.7 Å². The number of ether oxygens (including phenoxy) is 2. The molecule has 3 aromatic rings. The van der Waals surface area contributed by atoms with Gasteiger partial charge in [0.25, 0.3) is 0 Å². The largest absolute Gasteiger partial charge is 0.497 e. The third-order valence-corrected chi connectivity index (χ3v) is 4.67. The molecule has 0 aliphatic heterocycles. The minimum absolute atomic E-state index is 0.132. The monoisotopic (exact) mass is 387 g/mol. The second-order valence-corrected chi connectivity index (χ2v) is 6.41. The van der Waals surface area contributed by atoms with E-state index in [0.717, 1.165) is 0 Å². The molecule has 0 aliphatic carbocycles. The third-order valence-electron chi connectivity index (χ3n) is 3.71. The molecular weight excluding hydrogens is 369 g/mol. The second-order valence-electron chi connectivity index (χ2n) is 5.46. The van der Waals surface area contributed by atoms with Crippen LogP contribution in [0.4, 0.5) is 10.1 Å². The number of rotatable bonds is 7. The van der Waals surface area contributed by atoms with Crippen molar-refractivity contribution < 1.29 is 18.7 Å². The number of halogens is 1. The van der Waals surface area contributed by atoms with Gasteiger partial charge in [0.15, 0.2) is 5.16 Å². The van der Waals surface area contributed by atoms with E-state index in [4.69, 9.17) is 9.47 Å². The minimum Gasteiger partial charge on any atom is -0.497 e. The number of nitrogens with zero attached hydrogens (tertiary/aromatic N) is 2. The molecule has 8 heteroatoms. The third kappa shape index (κ3) is 4.59. The van der Waals surface area contributed by atoms with Crippen molar-refractivity contribution in [2.24, 2.45) is 0 Å². The Balaban J connectivity index is 1.68. The number of carbonyl (C=O) groups is 1. The van der Waals surface area contributed by atoms with Gasteiger partial charge in [-0.25, -0.2) is 9.37 Å². The summed E-state index contributed by atoms with van der Waals surface area (Å²) in [5, 5.41) is 3.40. The average molecular weight is 387 g/mol. The number of aromatic nitrogens is 2. The van der Waals surface area contributed by atoms with Gasteiger partial charge in [0.2, 0.25) is 5.91 Å². The molecule has 3 rings (SSSR count). The zero-order chi connectivity index (χ0) is 19.2. The van der Waals surface area contributed by atoms with Crippen LogP contribution in [0.25, 0.3) is 5.69 Å². The topological polar surface area (TPSA) is 65.4 Å². The SMILES string of the molecule is COc1ccc(OC)c(NC(=O)CSc2nccn2-c2cccc(F)c2)c1. The summed E-state index contributed by atoms with van der Waals surface area (Å²) in [6.45, 7) is 0. The molecule has 27 heavy (non-hydrogen) atoms. The standard InChI is InChI=1S/C19H18FN3O3S/c1-25-15-6-7-17(26-2)16(11-15)22-18(24)12-27-19-21-8-9-23(19)14-5-3-4-13(20)10-14/h3-11H,12H2,1-2H3,(H,22,24). The van der Waals surface area contributed by atoms with Gasteiger partial charge in [-0.1, -0.05) is 17.8 Å². The van der Waals surface area contributed by atoms with Crippen molar-refractivity contribution in [3.63, 3.8) is 0 Å². The van der Waals surface area contributed by atoms with Gasteiger partial charge in [-0.15, -0.1) is 0 Å². The molecule has 0 fully saturated rings. The van der Waals surface area contributed by atoms with E-state index in [0.29, 0.717) is 28.0 Å². The highest BCUT2D eigenvalue weighted by molar-refractivity contribution is 7.99. The first-order chi connectivity index (χ1) is 13.1. The van der Waals surface area contributed by atoms with Gasteiger partial charge in [-0.05, 0) is 30.3 Å². The maximum atomic E-state index is 13.5. The number of imidazole rings is 1. The summed E-state index contributed by atoms with van der Waals surface area (Å²) in [7, 11) is 3.08. The van der Waals surface area contributed by atoms with Crippen LogP contribution in [-0.4, -0.2) is 35.4 Å². The fourth-order valence-corrected chi connectivity index (χ4v) is 3.22. The van der Waals surface area contributed by atoms with Gasteiger partial charge in [0.1, 0.15) is 17.3 Å². The average Bonchev–Trinajstić information content (AvgIpc) is 3.15. The lowest BCUT2D eigenvalue weighted by molar-refractivity contribution is -0.113. The van der Waals surface area contributed by atoms with Crippen LogP contribution >= 0.6 is 11.8 Å². The first-order valence-electron chi connectivity index (χ1n) is 8.04. The fraction of sp³-hybridized carbons (Fsp3) is 0.158. The number of carbonyl (C=O) groups excluding carboxylic acids is 1. The Hall–Kier alpha value is -3.00. The normalized spacial score (nSPS) is 10.5. The quantitative estimate of drug-likeness (QED) is 0.626. The summed E-state index contributed by atoms with van der Waals surface area (Å²) < 4.78 is 25.6. The summed E-state index contributed by atoms with van der Waals surface area (Å²) in [5.74, 6) is 0.725. The van der Waals surface area contributed by atoms with Crippen LogP contribution in [0.1, 0.15) is 0 Å². The van der Waals surface area contributed by atoms with Gasteiger partial charge in [-0.3, -0.25) is 9.36 Å². The molecule has 2 aromatic carbocycles. The molecule has 1 N–H and O–H groups in total. The van der Waals surface area contributed by atoms with Crippen molar-refractivity contribution >= 4 is 23.4 Å². The molecule has 0 atom stereocenters. The highest BCUT2D eigenvalue weighted by atomic mass is 32.2. The molecule has 6 nitrogen and oxygen atoms in total. The zero-order valence-electron chi connectivity index (χ0n) is 14.8. The van der Waals surface area contributed by atoms with Gasteiger partial charge in [-0.2, -0.15) is 0 Å².